The highest BCUT2D eigenvalue weighted by atomic mass is 16.5. The lowest BCUT2D eigenvalue weighted by atomic mass is 10.0. The number of likely N-dealkylation sites (tertiary alicyclic amines) is 1. The van der Waals surface area contributed by atoms with Crippen LogP contribution in [0, 0.1) is 0 Å². The number of hydrogen-bond donors (Lipinski definition) is 2. The van der Waals surface area contributed by atoms with Gasteiger partial charge in [0.1, 0.15) is 5.75 Å². The van der Waals surface area contributed by atoms with Crippen LogP contribution in [0.1, 0.15) is 33.6 Å². The van der Waals surface area contributed by atoms with Gasteiger partial charge in [-0.3, -0.25) is 14.7 Å². The molecule has 1 saturated heterocycles. The summed E-state index contributed by atoms with van der Waals surface area (Å²) in [5.74, 6) is 0.625. The lowest BCUT2D eigenvalue weighted by Gasteiger charge is -2.32. The molecule has 3 aromatic rings. The van der Waals surface area contributed by atoms with Gasteiger partial charge in [-0.2, -0.15) is 5.10 Å². The third-order valence-corrected chi connectivity index (χ3v) is 5.40. The molecule has 2 aromatic carbocycles. The highest BCUT2D eigenvalue weighted by molar-refractivity contribution is 6.00. The normalized spacial score (nSPS) is 14.4. The Kier molecular flexibility index (Phi) is 5.79. The zero-order chi connectivity index (χ0) is 20.9. The lowest BCUT2D eigenvalue weighted by Crippen LogP contribution is -2.46. The predicted molar refractivity (Wildman–Crippen MR) is 113 cm³/mol. The van der Waals surface area contributed by atoms with Crippen LogP contribution in [-0.2, 0) is 0 Å². The van der Waals surface area contributed by atoms with Crippen molar-refractivity contribution in [3.05, 3.63) is 71.9 Å². The average molecular weight is 404 g/mol. The number of carbonyl (C=O) groups is 2. The smallest absolute Gasteiger partial charge is 0.255 e. The number of ether oxygens (including phenoxy) is 1. The van der Waals surface area contributed by atoms with E-state index in [2.05, 4.69) is 15.5 Å². The first-order valence-electron chi connectivity index (χ1n) is 9.98. The van der Waals surface area contributed by atoms with Crippen LogP contribution in [0.2, 0.25) is 0 Å². The van der Waals surface area contributed by atoms with Gasteiger partial charge in [0.15, 0.2) is 0 Å². The van der Waals surface area contributed by atoms with Gasteiger partial charge in [0, 0.05) is 30.3 Å². The number of aromatic nitrogens is 2. The van der Waals surface area contributed by atoms with E-state index in [1.807, 2.05) is 59.5 Å². The fourth-order valence-corrected chi connectivity index (χ4v) is 3.69. The van der Waals surface area contributed by atoms with Crippen LogP contribution in [0.4, 0.5) is 0 Å². The molecule has 2 heterocycles. The molecule has 2 amide bonds. The number of aromatic amines is 1. The zero-order valence-electron chi connectivity index (χ0n) is 16.8. The number of amides is 2. The predicted octanol–water partition coefficient (Wildman–Crippen LogP) is 3.12. The summed E-state index contributed by atoms with van der Waals surface area (Å²) in [6, 6.07) is 16.8. The van der Waals surface area contributed by atoms with Crippen LogP contribution in [0.3, 0.4) is 0 Å². The van der Waals surface area contributed by atoms with E-state index < -0.39 is 0 Å². The van der Waals surface area contributed by atoms with Gasteiger partial charge in [0.05, 0.1) is 24.6 Å². The van der Waals surface area contributed by atoms with E-state index in [0.29, 0.717) is 29.9 Å². The molecule has 0 saturated carbocycles. The second-order valence-corrected chi connectivity index (χ2v) is 7.29. The number of nitrogens with one attached hydrogen (secondary N) is 2. The Bertz CT molecular complexity index is 1010. The minimum atomic E-state index is -0.164. The minimum Gasteiger partial charge on any atom is -0.497 e. The van der Waals surface area contributed by atoms with Crippen LogP contribution in [0.15, 0.2) is 60.8 Å². The molecular weight excluding hydrogens is 380 g/mol. The van der Waals surface area contributed by atoms with Crippen molar-refractivity contribution < 1.29 is 14.3 Å². The van der Waals surface area contributed by atoms with Crippen molar-refractivity contribution in [1.82, 2.24) is 20.4 Å². The molecule has 7 nitrogen and oxygen atoms in total. The third-order valence-electron chi connectivity index (χ3n) is 5.40. The highest BCUT2D eigenvalue weighted by Gasteiger charge is 2.26. The topological polar surface area (TPSA) is 87.3 Å². The van der Waals surface area contributed by atoms with Gasteiger partial charge in [0.2, 0.25) is 0 Å². The van der Waals surface area contributed by atoms with Gasteiger partial charge in [-0.25, -0.2) is 0 Å². The summed E-state index contributed by atoms with van der Waals surface area (Å²) in [5.41, 5.74) is 2.74. The molecule has 0 unspecified atom stereocenters. The Balaban J connectivity index is 1.37. The number of benzene rings is 2. The van der Waals surface area contributed by atoms with Crippen molar-refractivity contribution in [3.8, 4) is 17.0 Å². The monoisotopic (exact) mass is 404 g/mol. The molecule has 1 fully saturated rings. The number of nitrogens with zero attached hydrogens (tertiary/aromatic N) is 2. The summed E-state index contributed by atoms with van der Waals surface area (Å²) in [6.07, 6.45) is 2.99. The largest absolute Gasteiger partial charge is 0.497 e. The molecule has 1 aromatic heterocycles. The molecule has 0 radical (unpaired) electrons. The van der Waals surface area contributed by atoms with E-state index in [-0.39, 0.29) is 17.9 Å². The van der Waals surface area contributed by atoms with Crippen LogP contribution in [0.5, 0.6) is 5.75 Å². The van der Waals surface area contributed by atoms with Crippen molar-refractivity contribution >= 4 is 11.8 Å². The van der Waals surface area contributed by atoms with E-state index in [9.17, 15) is 9.59 Å². The third kappa shape index (κ3) is 4.20. The molecule has 7 heteroatoms. The Morgan fingerprint density at radius 1 is 1.07 bits per heavy atom. The van der Waals surface area contributed by atoms with Crippen molar-refractivity contribution in [1.29, 1.82) is 0 Å². The van der Waals surface area contributed by atoms with E-state index >= 15 is 0 Å². The molecule has 2 N–H and O–H groups in total. The first kappa shape index (κ1) is 19.7. The molecule has 154 valence electrons. The Morgan fingerprint density at radius 2 is 1.77 bits per heavy atom. The summed E-state index contributed by atoms with van der Waals surface area (Å²) >= 11 is 0. The Labute approximate surface area is 175 Å². The van der Waals surface area contributed by atoms with E-state index in [1.54, 1.807) is 13.3 Å². The lowest BCUT2D eigenvalue weighted by molar-refractivity contribution is 0.0698. The van der Waals surface area contributed by atoms with Gasteiger partial charge >= 0.3 is 0 Å². The number of carbonyl (C=O) groups excluding carboxylic acids is 2. The van der Waals surface area contributed by atoms with Crippen molar-refractivity contribution in [2.45, 2.75) is 18.9 Å². The van der Waals surface area contributed by atoms with Crippen LogP contribution >= 0.6 is 0 Å². The van der Waals surface area contributed by atoms with E-state index in [0.717, 1.165) is 24.2 Å². The maximum absolute atomic E-state index is 12.9. The first-order chi connectivity index (χ1) is 14.7. The number of hydrogen-bond acceptors (Lipinski definition) is 4. The van der Waals surface area contributed by atoms with Crippen LogP contribution < -0.4 is 10.1 Å². The SMILES string of the molecule is COc1ccc(-c2[nH]ncc2C(=O)NC2CCN(C(=O)c3ccccc3)CC2)cc1. The molecule has 1 aliphatic rings. The number of piperidine rings is 1. The standard InChI is InChI=1S/C23H24N4O3/c1-30-19-9-7-16(8-10-19)21-20(15-24-26-21)22(28)25-18-11-13-27(14-12-18)23(29)17-5-3-2-4-6-17/h2-10,15,18H,11-14H2,1H3,(H,24,26)(H,25,28). The Morgan fingerprint density at radius 3 is 2.43 bits per heavy atom. The second-order valence-electron chi connectivity index (χ2n) is 7.29. The fraction of sp³-hybridized carbons (Fsp3) is 0.261. The van der Waals surface area contributed by atoms with Crippen molar-refractivity contribution in [2.24, 2.45) is 0 Å². The van der Waals surface area contributed by atoms with Crippen molar-refractivity contribution in [2.75, 3.05) is 20.2 Å². The fourth-order valence-electron chi connectivity index (χ4n) is 3.69. The summed E-state index contributed by atoms with van der Waals surface area (Å²) in [6.45, 7) is 1.24. The zero-order valence-corrected chi connectivity index (χ0v) is 16.8. The number of rotatable bonds is 5. The molecule has 4 rings (SSSR count). The van der Waals surface area contributed by atoms with Gasteiger partial charge in [-0.05, 0) is 49.2 Å². The van der Waals surface area contributed by atoms with Gasteiger partial charge in [0.25, 0.3) is 11.8 Å². The molecule has 0 aliphatic carbocycles. The summed E-state index contributed by atoms with van der Waals surface area (Å²) in [5, 5.41) is 10.1. The summed E-state index contributed by atoms with van der Waals surface area (Å²) in [4.78, 5) is 27.3. The van der Waals surface area contributed by atoms with Gasteiger partial charge in [-0.1, -0.05) is 18.2 Å². The van der Waals surface area contributed by atoms with Gasteiger partial charge < -0.3 is 15.0 Å². The second kappa shape index (κ2) is 8.82. The molecule has 30 heavy (non-hydrogen) atoms. The molecule has 1 aliphatic heterocycles. The summed E-state index contributed by atoms with van der Waals surface area (Å²) in [7, 11) is 1.61. The molecular formula is C23H24N4O3. The quantitative estimate of drug-likeness (QED) is 0.684. The van der Waals surface area contributed by atoms with E-state index in [1.165, 1.54) is 0 Å². The minimum absolute atomic E-state index is 0.0240. The van der Waals surface area contributed by atoms with Gasteiger partial charge in [-0.15, -0.1) is 0 Å². The average Bonchev–Trinajstić information content (AvgIpc) is 3.30. The molecule has 0 bridgehead atoms. The molecule has 0 atom stereocenters. The maximum atomic E-state index is 12.9. The van der Waals surface area contributed by atoms with E-state index in [4.69, 9.17) is 4.74 Å². The Hall–Kier alpha value is -3.61. The summed E-state index contributed by atoms with van der Waals surface area (Å²) < 4.78 is 5.19. The van der Waals surface area contributed by atoms with Crippen molar-refractivity contribution in [3.63, 3.8) is 0 Å². The maximum Gasteiger partial charge on any atom is 0.255 e. The molecule has 0 spiro atoms. The van der Waals surface area contributed by atoms with Crippen LogP contribution in [-0.4, -0.2) is 53.2 Å². The number of methoxy groups -OCH3 is 1. The number of H-pyrrole nitrogens is 1. The van der Waals surface area contributed by atoms with Crippen LogP contribution in [0.25, 0.3) is 11.3 Å². The first-order valence-corrected chi connectivity index (χ1v) is 9.98. The highest BCUT2D eigenvalue weighted by Crippen LogP contribution is 2.24.